The van der Waals surface area contributed by atoms with E-state index in [2.05, 4.69) is 32.3 Å². The fraction of sp³-hybridized carbons (Fsp3) is 0.333. The average molecular weight is 486 g/mol. The summed E-state index contributed by atoms with van der Waals surface area (Å²) < 4.78 is 2.08. The van der Waals surface area contributed by atoms with Gasteiger partial charge in [-0.25, -0.2) is 0 Å². The zero-order valence-corrected chi connectivity index (χ0v) is 20.4. The number of amides is 2. The number of nitrogens with one attached hydrogen (secondary N) is 2. The normalized spacial score (nSPS) is 10.8. The predicted octanol–water partition coefficient (Wildman–Crippen LogP) is 5.27. The van der Waals surface area contributed by atoms with Crippen LogP contribution in [0.4, 0.5) is 5.69 Å². The Kier molecular flexibility index (Phi) is 9.33. The third-order valence-corrected chi connectivity index (χ3v) is 6.26. The number of nitrogens with zero attached hydrogens (tertiary/aromatic N) is 3. The van der Waals surface area contributed by atoms with E-state index in [9.17, 15) is 9.59 Å². The first-order valence-corrected chi connectivity index (χ1v) is 12.3. The third kappa shape index (κ3) is 7.07. The second-order valence-corrected chi connectivity index (χ2v) is 8.90. The minimum atomic E-state index is -0.168. The van der Waals surface area contributed by atoms with Crippen LogP contribution in [-0.2, 0) is 11.3 Å². The summed E-state index contributed by atoms with van der Waals surface area (Å²) in [6.45, 7) is 2.97. The van der Waals surface area contributed by atoms with Crippen molar-refractivity contribution in [1.29, 1.82) is 0 Å². The molecule has 0 aliphatic carbocycles. The SMILES string of the molecule is CCCCCCn1c(SCC(=O)Nc2ccc(C(=O)NC)cc2)nnc1-c1ccc(Cl)cc1. The summed E-state index contributed by atoms with van der Waals surface area (Å²) in [6.07, 6.45) is 4.50. The lowest BCUT2D eigenvalue weighted by Crippen LogP contribution is -2.18. The van der Waals surface area contributed by atoms with Crippen molar-refractivity contribution >= 4 is 40.9 Å². The quantitative estimate of drug-likeness (QED) is 0.285. The third-order valence-electron chi connectivity index (χ3n) is 5.04. The summed E-state index contributed by atoms with van der Waals surface area (Å²) in [4.78, 5) is 24.1. The van der Waals surface area contributed by atoms with Gasteiger partial charge in [-0.3, -0.25) is 9.59 Å². The number of hydrogen-bond acceptors (Lipinski definition) is 5. The number of unbranched alkanes of at least 4 members (excludes halogenated alkanes) is 3. The molecule has 1 heterocycles. The maximum Gasteiger partial charge on any atom is 0.251 e. The molecule has 0 radical (unpaired) electrons. The molecule has 3 rings (SSSR count). The summed E-state index contributed by atoms with van der Waals surface area (Å²) in [6, 6.07) is 14.3. The number of rotatable bonds is 11. The summed E-state index contributed by atoms with van der Waals surface area (Å²) in [5.74, 6) is 0.653. The van der Waals surface area contributed by atoms with Gasteiger partial charge < -0.3 is 15.2 Å². The Labute approximate surface area is 203 Å². The van der Waals surface area contributed by atoms with E-state index < -0.39 is 0 Å². The second kappa shape index (κ2) is 12.4. The fourth-order valence-corrected chi connectivity index (χ4v) is 4.17. The van der Waals surface area contributed by atoms with Crippen molar-refractivity contribution < 1.29 is 9.59 Å². The zero-order valence-electron chi connectivity index (χ0n) is 18.8. The molecular weight excluding hydrogens is 458 g/mol. The van der Waals surface area contributed by atoms with E-state index in [0.29, 0.717) is 21.4 Å². The Morgan fingerprint density at radius 3 is 2.39 bits per heavy atom. The monoisotopic (exact) mass is 485 g/mol. The van der Waals surface area contributed by atoms with Gasteiger partial charge in [0.2, 0.25) is 5.91 Å². The van der Waals surface area contributed by atoms with Crippen LogP contribution in [0.5, 0.6) is 0 Å². The largest absolute Gasteiger partial charge is 0.355 e. The highest BCUT2D eigenvalue weighted by molar-refractivity contribution is 7.99. The van der Waals surface area contributed by atoms with E-state index >= 15 is 0 Å². The molecule has 0 fully saturated rings. The van der Waals surface area contributed by atoms with Gasteiger partial charge in [0, 0.05) is 35.4 Å². The van der Waals surface area contributed by atoms with Crippen molar-refractivity contribution in [2.45, 2.75) is 44.3 Å². The fourth-order valence-electron chi connectivity index (χ4n) is 3.28. The molecule has 2 aromatic carbocycles. The van der Waals surface area contributed by atoms with Crippen LogP contribution in [0.2, 0.25) is 5.02 Å². The molecule has 0 aliphatic heterocycles. The summed E-state index contributed by atoms with van der Waals surface area (Å²) in [5, 5.41) is 15.5. The summed E-state index contributed by atoms with van der Waals surface area (Å²) in [5.41, 5.74) is 2.11. The first kappa shape index (κ1) is 24.8. The molecule has 2 amide bonds. The number of carbonyl (C=O) groups excluding carboxylic acids is 2. The number of thioether (sulfide) groups is 1. The van der Waals surface area contributed by atoms with Gasteiger partial charge in [-0.15, -0.1) is 10.2 Å². The van der Waals surface area contributed by atoms with E-state index in [-0.39, 0.29) is 17.6 Å². The van der Waals surface area contributed by atoms with Crippen LogP contribution in [0.3, 0.4) is 0 Å². The minimum absolute atomic E-state index is 0.152. The number of carbonyl (C=O) groups is 2. The van der Waals surface area contributed by atoms with Crippen molar-refractivity contribution in [3.05, 3.63) is 59.1 Å². The summed E-state index contributed by atoms with van der Waals surface area (Å²) in [7, 11) is 1.58. The Hall–Kier alpha value is -2.84. The lowest BCUT2D eigenvalue weighted by molar-refractivity contribution is -0.113. The molecular formula is C24H28ClN5O2S. The number of halogens is 1. The van der Waals surface area contributed by atoms with Crippen molar-refractivity contribution in [1.82, 2.24) is 20.1 Å². The van der Waals surface area contributed by atoms with Crippen molar-refractivity contribution in [2.24, 2.45) is 0 Å². The van der Waals surface area contributed by atoms with Gasteiger partial charge in [0.05, 0.1) is 5.75 Å². The molecule has 0 saturated carbocycles. The highest BCUT2D eigenvalue weighted by atomic mass is 35.5. The highest BCUT2D eigenvalue weighted by Gasteiger charge is 2.16. The van der Waals surface area contributed by atoms with E-state index in [1.54, 1.807) is 31.3 Å². The van der Waals surface area contributed by atoms with Crippen LogP contribution in [0.15, 0.2) is 53.7 Å². The molecule has 7 nitrogen and oxygen atoms in total. The standard InChI is InChI=1S/C24H28ClN5O2S/c1-3-4-5-6-15-30-22(17-7-11-19(25)12-8-17)28-29-24(30)33-16-21(31)27-20-13-9-18(10-14-20)23(32)26-2/h7-14H,3-6,15-16H2,1-2H3,(H,26,32)(H,27,31). The van der Waals surface area contributed by atoms with Gasteiger partial charge in [-0.1, -0.05) is 49.5 Å². The van der Waals surface area contributed by atoms with Crippen LogP contribution in [0.1, 0.15) is 43.0 Å². The number of aromatic nitrogens is 3. The Bertz CT molecular complexity index is 1070. The Morgan fingerprint density at radius 1 is 1.00 bits per heavy atom. The van der Waals surface area contributed by atoms with Crippen LogP contribution in [0, 0.1) is 0 Å². The first-order valence-electron chi connectivity index (χ1n) is 11.0. The second-order valence-electron chi connectivity index (χ2n) is 7.52. The molecule has 1 aromatic heterocycles. The van der Waals surface area contributed by atoms with Crippen LogP contribution < -0.4 is 10.6 Å². The van der Waals surface area contributed by atoms with Gasteiger partial charge in [0.1, 0.15) is 0 Å². The molecule has 0 bridgehead atoms. The maximum atomic E-state index is 12.5. The van der Waals surface area contributed by atoms with E-state index in [1.807, 2.05) is 24.3 Å². The average Bonchev–Trinajstić information content (AvgIpc) is 3.23. The number of benzene rings is 2. The van der Waals surface area contributed by atoms with E-state index in [4.69, 9.17) is 11.6 Å². The lowest BCUT2D eigenvalue weighted by Gasteiger charge is -2.11. The number of hydrogen-bond donors (Lipinski definition) is 2. The zero-order chi connectivity index (χ0) is 23.6. The minimum Gasteiger partial charge on any atom is -0.355 e. The van der Waals surface area contributed by atoms with Crippen LogP contribution in [-0.4, -0.2) is 39.4 Å². The van der Waals surface area contributed by atoms with E-state index in [0.717, 1.165) is 37.2 Å². The Balaban J connectivity index is 1.66. The van der Waals surface area contributed by atoms with Crippen molar-refractivity contribution in [3.63, 3.8) is 0 Å². The molecule has 0 atom stereocenters. The molecule has 0 aliphatic rings. The molecule has 0 saturated heterocycles. The van der Waals surface area contributed by atoms with Crippen molar-refractivity contribution in [2.75, 3.05) is 18.1 Å². The highest BCUT2D eigenvalue weighted by Crippen LogP contribution is 2.26. The molecule has 0 unspecified atom stereocenters. The van der Waals surface area contributed by atoms with Crippen molar-refractivity contribution in [3.8, 4) is 11.4 Å². The maximum absolute atomic E-state index is 12.5. The predicted molar refractivity (Wildman–Crippen MR) is 134 cm³/mol. The Morgan fingerprint density at radius 2 is 1.73 bits per heavy atom. The van der Waals surface area contributed by atoms with Gasteiger partial charge in [-0.2, -0.15) is 0 Å². The van der Waals surface area contributed by atoms with Crippen LogP contribution in [0.25, 0.3) is 11.4 Å². The van der Waals surface area contributed by atoms with Gasteiger partial charge >= 0.3 is 0 Å². The smallest absolute Gasteiger partial charge is 0.251 e. The lowest BCUT2D eigenvalue weighted by atomic mass is 10.2. The summed E-state index contributed by atoms with van der Waals surface area (Å²) >= 11 is 7.39. The number of anilines is 1. The molecule has 9 heteroatoms. The van der Waals surface area contributed by atoms with Gasteiger partial charge in [-0.05, 0) is 55.0 Å². The van der Waals surface area contributed by atoms with E-state index in [1.165, 1.54) is 18.2 Å². The topological polar surface area (TPSA) is 88.9 Å². The molecule has 174 valence electrons. The van der Waals surface area contributed by atoms with Gasteiger partial charge in [0.25, 0.3) is 5.91 Å². The molecule has 33 heavy (non-hydrogen) atoms. The van der Waals surface area contributed by atoms with Crippen LogP contribution >= 0.6 is 23.4 Å². The molecule has 0 spiro atoms. The molecule has 2 N–H and O–H groups in total. The van der Waals surface area contributed by atoms with Gasteiger partial charge in [0.15, 0.2) is 11.0 Å². The molecule has 3 aromatic rings. The first-order chi connectivity index (χ1) is 16.0.